The van der Waals surface area contributed by atoms with Gasteiger partial charge in [-0.2, -0.15) is 5.10 Å². The van der Waals surface area contributed by atoms with Gasteiger partial charge in [0.1, 0.15) is 0 Å². The largest absolute Gasteiger partial charge is 0.545 e. The molecule has 138 valence electrons. The van der Waals surface area contributed by atoms with Crippen LogP contribution in [-0.4, -0.2) is 33.4 Å². The van der Waals surface area contributed by atoms with Crippen LogP contribution in [0.25, 0.3) is 11.0 Å². The van der Waals surface area contributed by atoms with Gasteiger partial charge in [-0.05, 0) is 30.2 Å². The van der Waals surface area contributed by atoms with Gasteiger partial charge in [-0.3, -0.25) is 4.79 Å². The average molecular weight is 381 g/mol. The molecular weight excluding hydrogens is 364 g/mol. The monoisotopic (exact) mass is 381 g/mol. The van der Waals surface area contributed by atoms with Crippen LogP contribution in [0.5, 0.6) is 0 Å². The topological polar surface area (TPSA) is 99.4 Å². The van der Waals surface area contributed by atoms with Crippen molar-refractivity contribution in [2.75, 3.05) is 5.75 Å². The Kier molecular flexibility index (Phi) is 5.87. The molecule has 0 saturated carbocycles. The minimum absolute atomic E-state index is 0.0893. The van der Waals surface area contributed by atoms with E-state index in [-0.39, 0.29) is 17.2 Å². The van der Waals surface area contributed by atoms with Crippen molar-refractivity contribution < 1.29 is 14.7 Å². The Hall–Kier alpha value is -3.13. The molecule has 0 aliphatic carbocycles. The van der Waals surface area contributed by atoms with Crippen molar-refractivity contribution in [3.8, 4) is 0 Å². The fraction of sp³-hybridized carbons (Fsp3) is 0.158. The number of carbonyl (C=O) groups is 2. The lowest BCUT2D eigenvalue weighted by Gasteiger charge is -2.05. The van der Waals surface area contributed by atoms with Gasteiger partial charge in [-0.15, -0.1) is 0 Å². The number of carbonyl (C=O) groups excluding carboxylic acids is 2. The summed E-state index contributed by atoms with van der Waals surface area (Å²) in [7, 11) is 0. The van der Waals surface area contributed by atoms with Crippen LogP contribution < -0.4 is 10.5 Å². The van der Waals surface area contributed by atoms with E-state index in [0.717, 1.165) is 22.7 Å². The Morgan fingerprint density at radius 3 is 2.67 bits per heavy atom. The number of imidazole rings is 1. The maximum absolute atomic E-state index is 12.0. The van der Waals surface area contributed by atoms with E-state index in [0.29, 0.717) is 5.56 Å². The van der Waals surface area contributed by atoms with Crippen LogP contribution in [0, 0.1) is 0 Å². The molecule has 1 heterocycles. The third-order valence-electron chi connectivity index (χ3n) is 3.82. The fourth-order valence-electron chi connectivity index (χ4n) is 2.52. The summed E-state index contributed by atoms with van der Waals surface area (Å²) in [5.74, 6) is -1.30. The lowest BCUT2D eigenvalue weighted by atomic mass is 10.1. The van der Waals surface area contributed by atoms with Crippen LogP contribution in [-0.2, 0) is 11.3 Å². The molecule has 27 heavy (non-hydrogen) atoms. The van der Waals surface area contributed by atoms with Crippen LogP contribution in [0.3, 0.4) is 0 Å². The lowest BCUT2D eigenvalue weighted by molar-refractivity contribution is -0.255. The zero-order chi connectivity index (χ0) is 19.2. The van der Waals surface area contributed by atoms with E-state index < -0.39 is 5.97 Å². The minimum atomic E-state index is -1.23. The number of para-hydroxylation sites is 2. The molecule has 0 bridgehead atoms. The predicted molar refractivity (Wildman–Crippen MR) is 103 cm³/mol. The molecule has 0 aliphatic heterocycles. The van der Waals surface area contributed by atoms with Crippen LogP contribution in [0.1, 0.15) is 22.8 Å². The zero-order valence-electron chi connectivity index (χ0n) is 14.6. The number of nitrogens with zero attached hydrogens (tertiary/aromatic N) is 3. The Balaban J connectivity index is 1.56. The molecule has 8 heteroatoms. The third-order valence-corrected chi connectivity index (χ3v) is 4.79. The van der Waals surface area contributed by atoms with Crippen molar-refractivity contribution in [2.24, 2.45) is 5.10 Å². The molecule has 0 spiro atoms. The second-order valence-electron chi connectivity index (χ2n) is 5.62. The number of aromatic nitrogens is 2. The number of aryl methyl sites for hydroxylation is 1. The highest BCUT2D eigenvalue weighted by Crippen LogP contribution is 2.23. The van der Waals surface area contributed by atoms with Gasteiger partial charge < -0.3 is 14.5 Å². The SMILES string of the molecule is CCn1c(SCC(=O)N/N=C\c2ccc(C(=O)[O-])cc2)nc2ccccc21. The number of thioether (sulfide) groups is 1. The summed E-state index contributed by atoms with van der Waals surface area (Å²) in [6.45, 7) is 2.80. The number of carboxylic acid groups (broad SMARTS) is 1. The van der Waals surface area contributed by atoms with Gasteiger partial charge in [0.2, 0.25) is 0 Å². The summed E-state index contributed by atoms with van der Waals surface area (Å²) >= 11 is 1.35. The van der Waals surface area contributed by atoms with Gasteiger partial charge in [0.15, 0.2) is 5.16 Å². The maximum Gasteiger partial charge on any atom is 0.250 e. The molecule has 0 aliphatic rings. The van der Waals surface area contributed by atoms with Crippen molar-refractivity contribution in [3.63, 3.8) is 0 Å². The van der Waals surface area contributed by atoms with Crippen molar-refractivity contribution in [3.05, 3.63) is 59.7 Å². The second kappa shape index (κ2) is 8.50. The molecule has 0 saturated heterocycles. The van der Waals surface area contributed by atoms with Gasteiger partial charge in [-0.1, -0.05) is 48.2 Å². The van der Waals surface area contributed by atoms with E-state index in [1.54, 1.807) is 12.1 Å². The van der Waals surface area contributed by atoms with Gasteiger partial charge in [0, 0.05) is 6.54 Å². The number of hydrazone groups is 1. The third kappa shape index (κ3) is 4.53. The lowest BCUT2D eigenvalue weighted by Crippen LogP contribution is -2.22. The number of carboxylic acids is 1. The first-order chi connectivity index (χ1) is 13.1. The standard InChI is InChI=1S/C19H18N4O3S/c1-2-23-16-6-4-3-5-15(16)21-19(23)27-12-17(24)22-20-11-13-7-9-14(10-8-13)18(25)26/h3-11H,2,12H2,1H3,(H,22,24)(H,25,26)/p-1/b20-11-. The minimum Gasteiger partial charge on any atom is -0.545 e. The fourth-order valence-corrected chi connectivity index (χ4v) is 3.39. The van der Waals surface area contributed by atoms with E-state index in [2.05, 4.69) is 20.1 Å². The molecule has 7 nitrogen and oxygen atoms in total. The van der Waals surface area contributed by atoms with Crippen molar-refractivity contribution >= 4 is 40.9 Å². The first-order valence-corrected chi connectivity index (χ1v) is 9.28. The van der Waals surface area contributed by atoms with Crippen LogP contribution >= 0.6 is 11.8 Å². The van der Waals surface area contributed by atoms with E-state index >= 15 is 0 Å². The van der Waals surface area contributed by atoms with Crippen LogP contribution in [0.2, 0.25) is 0 Å². The molecule has 1 N–H and O–H groups in total. The van der Waals surface area contributed by atoms with E-state index in [1.165, 1.54) is 30.1 Å². The number of aromatic carboxylic acids is 1. The number of amides is 1. The van der Waals surface area contributed by atoms with Crippen molar-refractivity contribution in [1.29, 1.82) is 0 Å². The number of benzene rings is 2. The van der Waals surface area contributed by atoms with Gasteiger partial charge in [0.05, 0.1) is 29.0 Å². The summed E-state index contributed by atoms with van der Waals surface area (Å²) in [5.41, 5.74) is 5.16. The molecule has 1 aromatic heterocycles. The first kappa shape index (κ1) is 18.7. The molecule has 3 aromatic rings. The number of hydrogen-bond donors (Lipinski definition) is 1. The molecule has 0 atom stereocenters. The molecule has 1 amide bonds. The second-order valence-corrected chi connectivity index (χ2v) is 6.56. The van der Waals surface area contributed by atoms with Crippen molar-refractivity contribution in [2.45, 2.75) is 18.6 Å². The predicted octanol–water partition coefficient (Wildman–Crippen LogP) is 1.66. The quantitative estimate of drug-likeness (QED) is 0.381. The molecule has 3 rings (SSSR count). The van der Waals surface area contributed by atoms with E-state index in [9.17, 15) is 14.7 Å². The maximum atomic E-state index is 12.0. The summed E-state index contributed by atoms with van der Waals surface area (Å²) in [6, 6.07) is 13.9. The summed E-state index contributed by atoms with van der Waals surface area (Å²) in [5, 5.41) is 15.4. The van der Waals surface area contributed by atoms with Gasteiger partial charge in [0.25, 0.3) is 5.91 Å². The van der Waals surface area contributed by atoms with Crippen molar-refractivity contribution in [1.82, 2.24) is 15.0 Å². The summed E-state index contributed by atoms with van der Waals surface area (Å²) in [6.07, 6.45) is 1.45. The number of rotatable bonds is 7. The first-order valence-electron chi connectivity index (χ1n) is 8.30. The average Bonchev–Trinajstić information content (AvgIpc) is 3.04. The molecule has 2 aromatic carbocycles. The highest BCUT2D eigenvalue weighted by atomic mass is 32.2. The normalized spacial score (nSPS) is 11.1. The zero-order valence-corrected chi connectivity index (χ0v) is 15.4. The molecular formula is C19H17N4O3S-. The number of nitrogens with one attached hydrogen (secondary N) is 1. The van der Waals surface area contributed by atoms with Crippen LogP contribution in [0.15, 0.2) is 58.8 Å². The summed E-state index contributed by atoms with van der Waals surface area (Å²) in [4.78, 5) is 27.3. The Morgan fingerprint density at radius 2 is 1.96 bits per heavy atom. The number of fused-ring (bicyclic) bond motifs is 1. The van der Waals surface area contributed by atoms with E-state index in [4.69, 9.17) is 0 Å². The Morgan fingerprint density at radius 1 is 1.22 bits per heavy atom. The summed E-state index contributed by atoms with van der Waals surface area (Å²) < 4.78 is 2.06. The Labute approximate surface area is 160 Å². The molecule has 0 fully saturated rings. The highest BCUT2D eigenvalue weighted by molar-refractivity contribution is 7.99. The van der Waals surface area contributed by atoms with E-state index in [1.807, 2.05) is 31.2 Å². The van der Waals surface area contributed by atoms with Gasteiger partial charge >= 0.3 is 0 Å². The Bertz CT molecular complexity index is 996. The van der Waals surface area contributed by atoms with Gasteiger partial charge in [-0.25, -0.2) is 10.4 Å². The molecule has 0 radical (unpaired) electrons. The molecule has 0 unspecified atom stereocenters. The smallest absolute Gasteiger partial charge is 0.250 e. The highest BCUT2D eigenvalue weighted by Gasteiger charge is 2.11. The number of hydrogen-bond acceptors (Lipinski definition) is 6. The van der Waals surface area contributed by atoms with Crippen LogP contribution in [0.4, 0.5) is 0 Å².